The Morgan fingerprint density at radius 1 is 1.13 bits per heavy atom. The molecule has 0 radical (unpaired) electrons. The van der Waals surface area contributed by atoms with Gasteiger partial charge in [0.2, 0.25) is 5.91 Å². The zero-order chi connectivity index (χ0) is 16.0. The highest BCUT2D eigenvalue weighted by Crippen LogP contribution is 2.61. The molecular formula is C20H26FNO. The van der Waals surface area contributed by atoms with Crippen molar-refractivity contribution in [3.05, 3.63) is 35.6 Å². The molecule has 4 aliphatic carbocycles. The first-order valence-electron chi connectivity index (χ1n) is 9.06. The number of carbonyl (C=O) groups excluding carboxylic acids is 1. The van der Waals surface area contributed by atoms with Crippen LogP contribution in [-0.2, 0) is 4.79 Å². The van der Waals surface area contributed by atoms with Crippen molar-refractivity contribution in [1.29, 1.82) is 0 Å². The molecule has 1 atom stereocenters. The summed E-state index contributed by atoms with van der Waals surface area (Å²) < 4.78 is 13.0. The predicted octanol–water partition coefficient (Wildman–Crippen LogP) is 4.61. The molecule has 4 fully saturated rings. The van der Waals surface area contributed by atoms with Crippen LogP contribution in [0.4, 0.5) is 4.39 Å². The van der Waals surface area contributed by atoms with E-state index < -0.39 is 0 Å². The second kappa shape index (κ2) is 5.61. The molecule has 0 aromatic heterocycles. The van der Waals surface area contributed by atoms with Gasteiger partial charge >= 0.3 is 0 Å². The van der Waals surface area contributed by atoms with Crippen LogP contribution in [0.2, 0.25) is 0 Å². The summed E-state index contributed by atoms with van der Waals surface area (Å²) in [5.41, 5.74) is 1.24. The lowest BCUT2D eigenvalue weighted by molar-refractivity contribution is -0.130. The van der Waals surface area contributed by atoms with Crippen LogP contribution in [0.5, 0.6) is 0 Å². The molecule has 1 amide bonds. The Kier molecular flexibility index (Phi) is 3.70. The third-order valence-corrected chi connectivity index (χ3v) is 6.45. The van der Waals surface area contributed by atoms with E-state index in [-0.39, 0.29) is 23.2 Å². The molecule has 0 spiro atoms. The second-order valence-corrected chi connectivity index (χ2v) is 8.44. The van der Waals surface area contributed by atoms with Gasteiger partial charge in [-0.25, -0.2) is 4.39 Å². The molecule has 5 rings (SSSR count). The number of rotatable bonds is 4. The Bertz CT molecular complexity index is 559. The van der Waals surface area contributed by atoms with Gasteiger partial charge in [-0.1, -0.05) is 12.1 Å². The van der Waals surface area contributed by atoms with Crippen molar-refractivity contribution in [1.82, 2.24) is 5.32 Å². The second-order valence-electron chi connectivity index (χ2n) is 8.44. The summed E-state index contributed by atoms with van der Waals surface area (Å²) >= 11 is 0. The highest BCUT2D eigenvalue weighted by molar-refractivity contribution is 5.77. The maximum absolute atomic E-state index is 13.0. The minimum atomic E-state index is -0.235. The summed E-state index contributed by atoms with van der Waals surface area (Å²) in [6.45, 7) is 1.98. The van der Waals surface area contributed by atoms with E-state index in [9.17, 15) is 9.18 Å². The van der Waals surface area contributed by atoms with Gasteiger partial charge in [-0.2, -0.15) is 0 Å². The fourth-order valence-corrected chi connectivity index (χ4v) is 5.97. The first kappa shape index (κ1) is 15.2. The SMILES string of the molecule is C[C@@H](NC(=O)CC12CC3CC(CC(C3)C1)C2)c1ccc(F)cc1. The van der Waals surface area contributed by atoms with Crippen molar-refractivity contribution in [2.75, 3.05) is 0 Å². The van der Waals surface area contributed by atoms with Gasteiger partial charge < -0.3 is 5.32 Å². The van der Waals surface area contributed by atoms with Gasteiger partial charge in [0.25, 0.3) is 0 Å². The number of benzene rings is 1. The van der Waals surface area contributed by atoms with Crippen LogP contribution in [-0.4, -0.2) is 5.91 Å². The molecule has 1 aromatic carbocycles. The largest absolute Gasteiger partial charge is 0.350 e. The highest BCUT2D eigenvalue weighted by Gasteiger charge is 2.51. The number of nitrogens with one attached hydrogen (secondary N) is 1. The monoisotopic (exact) mass is 315 g/mol. The van der Waals surface area contributed by atoms with Crippen LogP contribution in [0.25, 0.3) is 0 Å². The lowest BCUT2D eigenvalue weighted by Gasteiger charge is -2.56. The summed E-state index contributed by atoms with van der Waals surface area (Å²) in [6.07, 6.45) is 8.70. The summed E-state index contributed by atoms with van der Waals surface area (Å²) in [5, 5.41) is 3.13. The van der Waals surface area contributed by atoms with E-state index in [2.05, 4.69) is 5.32 Å². The topological polar surface area (TPSA) is 29.1 Å². The number of hydrogen-bond donors (Lipinski definition) is 1. The first-order chi connectivity index (χ1) is 11.0. The quantitative estimate of drug-likeness (QED) is 0.864. The first-order valence-corrected chi connectivity index (χ1v) is 9.06. The average molecular weight is 315 g/mol. The van der Waals surface area contributed by atoms with Crippen molar-refractivity contribution in [2.24, 2.45) is 23.2 Å². The van der Waals surface area contributed by atoms with Crippen LogP contribution >= 0.6 is 0 Å². The molecule has 1 N–H and O–H groups in total. The molecule has 0 heterocycles. The van der Waals surface area contributed by atoms with Crippen molar-refractivity contribution < 1.29 is 9.18 Å². The molecular weight excluding hydrogens is 289 g/mol. The van der Waals surface area contributed by atoms with Gasteiger partial charge in [0.15, 0.2) is 0 Å². The summed E-state index contributed by atoms with van der Waals surface area (Å²) in [4.78, 5) is 12.6. The van der Waals surface area contributed by atoms with E-state index in [1.54, 1.807) is 12.1 Å². The van der Waals surface area contributed by atoms with Gasteiger partial charge in [0.1, 0.15) is 5.82 Å². The maximum Gasteiger partial charge on any atom is 0.221 e. The molecule has 4 bridgehead atoms. The number of carbonyl (C=O) groups is 1. The molecule has 1 aromatic rings. The number of amides is 1. The van der Waals surface area contributed by atoms with Crippen molar-refractivity contribution in [3.63, 3.8) is 0 Å². The maximum atomic E-state index is 13.0. The normalized spacial score (nSPS) is 36.0. The summed E-state index contributed by atoms with van der Waals surface area (Å²) in [6, 6.07) is 6.36. The van der Waals surface area contributed by atoms with Gasteiger partial charge in [0, 0.05) is 6.42 Å². The van der Waals surface area contributed by atoms with Crippen LogP contribution in [0.1, 0.15) is 63.5 Å². The van der Waals surface area contributed by atoms with Crippen molar-refractivity contribution in [3.8, 4) is 0 Å². The fraction of sp³-hybridized carbons (Fsp3) is 0.650. The Labute approximate surface area is 137 Å². The van der Waals surface area contributed by atoms with Gasteiger partial charge in [0.05, 0.1) is 6.04 Å². The smallest absolute Gasteiger partial charge is 0.221 e. The Balaban J connectivity index is 1.39. The third kappa shape index (κ3) is 3.02. The van der Waals surface area contributed by atoms with Crippen LogP contribution in [0.15, 0.2) is 24.3 Å². The van der Waals surface area contributed by atoms with E-state index in [1.165, 1.54) is 50.7 Å². The molecule has 0 unspecified atom stereocenters. The number of hydrogen-bond acceptors (Lipinski definition) is 1. The Morgan fingerprint density at radius 3 is 2.17 bits per heavy atom. The molecule has 23 heavy (non-hydrogen) atoms. The van der Waals surface area contributed by atoms with E-state index in [4.69, 9.17) is 0 Å². The molecule has 124 valence electrons. The summed E-state index contributed by atoms with van der Waals surface area (Å²) in [7, 11) is 0. The van der Waals surface area contributed by atoms with E-state index in [0.717, 1.165) is 23.3 Å². The number of halogens is 1. The summed E-state index contributed by atoms with van der Waals surface area (Å²) in [5.74, 6) is 2.57. The van der Waals surface area contributed by atoms with Gasteiger partial charge in [-0.3, -0.25) is 4.79 Å². The zero-order valence-electron chi connectivity index (χ0n) is 13.9. The van der Waals surface area contributed by atoms with Crippen molar-refractivity contribution >= 4 is 5.91 Å². The molecule has 4 aliphatic rings. The van der Waals surface area contributed by atoms with E-state index >= 15 is 0 Å². The van der Waals surface area contributed by atoms with Crippen LogP contribution < -0.4 is 5.32 Å². The third-order valence-electron chi connectivity index (χ3n) is 6.45. The zero-order valence-corrected chi connectivity index (χ0v) is 13.9. The molecule has 2 nitrogen and oxygen atoms in total. The van der Waals surface area contributed by atoms with Crippen LogP contribution in [0, 0.1) is 29.0 Å². The predicted molar refractivity (Wildman–Crippen MR) is 88.2 cm³/mol. The average Bonchev–Trinajstić information content (AvgIpc) is 2.45. The highest BCUT2D eigenvalue weighted by atomic mass is 19.1. The molecule has 3 heteroatoms. The molecule has 4 saturated carbocycles. The van der Waals surface area contributed by atoms with Crippen molar-refractivity contribution in [2.45, 2.75) is 57.9 Å². The fourth-order valence-electron chi connectivity index (χ4n) is 5.97. The minimum absolute atomic E-state index is 0.0583. The van der Waals surface area contributed by atoms with E-state index in [0.29, 0.717) is 6.42 Å². The minimum Gasteiger partial charge on any atom is -0.350 e. The molecule has 0 aliphatic heterocycles. The standard InChI is InChI=1S/C20H26FNO/c1-13(17-2-4-18(21)5-3-17)22-19(23)12-20-9-14-6-15(10-20)8-16(7-14)11-20/h2-5,13-16H,6-12H2,1H3,(H,22,23)/t13-,14?,15?,16?,20?/m1/s1. The lowest BCUT2D eigenvalue weighted by Crippen LogP contribution is -2.48. The van der Waals surface area contributed by atoms with Crippen LogP contribution in [0.3, 0.4) is 0 Å². The Morgan fingerprint density at radius 2 is 1.65 bits per heavy atom. The lowest BCUT2D eigenvalue weighted by atomic mass is 9.49. The molecule has 0 saturated heterocycles. The van der Waals surface area contributed by atoms with Gasteiger partial charge in [-0.05, 0) is 86.3 Å². The van der Waals surface area contributed by atoms with E-state index in [1.807, 2.05) is 6.92 Å². The van der Waals surface area contributed by atoms with Gasteiger partial charge in [-0.15, -0.1) is 0 Å². The Hall–Kier alpha value is -1.38.